The number of aryl methyl sites for hydroxylation is 1. The third-order valence-electron chi connectivity index (χ3n) is 3.76. The van der Waals surface area contributed by atoms with E-state index in [9.17, 15) is 14.9 Å². The molecule has 8 heteroatoms. The van der Waals surface area contributed by atoms with Gasteiger partial charge in [0, 0.05) is 35.0 Å². The molecule has 3 rings (SSSR count). The Labute approximate surface area is 153 Å². The van der Waals surface area contributed by atoms with E-state index in [0.717, 1.165) is 26.7 Å². The molecule has 3 aromatic rings. The average Bonchev–Trinajstić information content (AvgIpc) is 3.02. The van der Waals surface area contributed by atoms with Crippen LogP contribution < -0.4 is 5.32 Å². The van der Waals surface area contributed by atoms with E-state index in [1.165, 1.54) is 23.5 Å². The molecule has 0 aliphatic carbocycles. The van der Waals surface area contributed by atoms with E-state index in [0.29, 0.717) is 6.54 Å². The fourth-order valence-electron chi connectivity index (χ4n) is 2.37. The van der Waals surface area contributed by atoms with Crippen LogP contribution in [0.5, 0.6) is 0 Å². The van der Waals surface area contributed by atoms with E-state index in [-0.39, 0.29) is 18.0 Å². The number of hydrogen-bond acceptors (Lipinski definition) is 6. The molecule has 2 aromatic heterocycles. The van der Waals surface area contributed by atoms with Crippen LogP contribution in [0.3, 0.4) is 0 Å². The van der Waals surface area contributed by atoms with E-state index in [1.54, 1.807) is 24.5 Å². The number of nitro benzene ring substituents is 1. The highest BCUT2D eigenvalue weighted by Crippen LogP contribution is 2.27. The Balaban J connectivity index is 1.59. The van der Waals surface area contributed by atoms with Crippen molar-refractivity contribution in [1.29, 1.82) is 0 Å². The van der Waals surface area contributed by atoms with Gasteiger partial charge in [-0.3, -0.25) is 19.9 Å². The summed E-state index contributed by atoms with van der Waals surface area (Å²) in [5.41, 5.74) is 2.57. The third kappa shape index (κ3) is 4.28. The Kier molecular flexibility index (Phi) is 5.33. The van der Waals surface area contributed by atoms with Gasteiger partial charge < -0.3 is 5.32 Å². The number of hydrogen-bond donors (Lipinski definition) is 1. The van der Waals surface area contributed by atoms with E-state index in [1.807, 2.05) is 19.1 Å². The maximum Gasteiger partial charge on any atom is 0.269 e. The number of carbonyl (C=O) groups excluding carboxylic acids is 1. The Morgan fingerprint density at radius 1 is 1.27 bits per heavy atom. The first kappa shape index (κ1) is 17.7. The van der Waals surface area contributed by atoms with Crippen LogP contribution in [0.4, 0.5) is 5.69 Å². The molecule has 0 spiro atoms. The monoisotopic (exact) mass is 368 g/mol. The predicted octanol–water partition coefficient (Wildman–Crippen LogP) is 3.28. The minimum absolute atomic E-state index is 0.0115. The molecule has 0 aliphatic heterocycles. The van der Waals surface area contributed by atoms with Crippen molar-refractivity contribution in [1.82, 2.24) is 15.3 Å². The van der Waals surface area contributed by atoms with Crippen LogP contribution in [0.25, 0.3) is 10.6 Å². The summed E-state index contributed by atoms with van der Waals surface area (Å²) in [5.74, 6) is -0.144. The lowest BCUT2D eigenvalue weighted by molar-refractivity contribution is -0.384. The van der Waals surface area contributed by atoms with Gasteiger partial charge in [0.25, 0.3) is 5.69 Å². The molecule has 1 N–H and O–H groups in total. The van der Waals surface area contributed by atoms with Crippen LogP contribution in [0.15, 0.2) is 48.8 Å². The summed E-state index contributed by atoms with van der Waals surface area (Å²) in [6.45, 7) is 2.31. The van der Waals surface area contributed by atoms with Gasteiger partial charge in [-0.15, -0.1) is 11.3 Å². The Morgan fingerprint density at radius 2 is 2.04 bits per heavy atom. The van der Waals surface area contributed by atoms with Crippen LogP contribution in [0.2, 0.25) is 0 Å². The standard InChI is InChI=1S/C18H16N4O3S/c1-12-16(26-18(21-12)14-3-2-8-19-10-14)11-20-17(23)9-13-4-6-15(7-5-13)22(24)25/h2-8,10H,9,11H2,1H3,(H,20,23). The second kappa shape index (κ2) is 7.83. The number of rotatable bonds is 6. The van der Waals surface area contributed by atoms with Crippen LogP contribution in [-0.2, 0) is 17.8 Å². The lowest BCUT2D eigenvalue weighted by Crippen LogP contribution is -2.24. The molecule has 0 bridgehead atoms. The van der Waals surface area contributed by atoms with Crippen LogP contribution in [0, 0.1) is 17.0 Å². The molecular formula is C18H16N4O3S. The maximum atomic E-state index is 12.1. The summed E-state index contributed by atoms with van der Waals surface area (Å²) < 4.78 is 0. The largest absolute Gasteiger partial charge is 0.351 e. The zero-order valence-corrected chi connectivity index (χ0v) is 14.8. The maximum absolute atomic E-state index is 12.1. The lowest BCUT2D eigenvalue weighted by atomic mass is 10.1. The minimum atomic E-state index is -0.462. The topological polar surface area (TPSA) is 98.0 Å². The number of nitro groups is 1. The van der Waals surface area contributed by atoms with Crippen molar-refractivity contribution in [3.63, 3.8) is 0 Å². The number of aromatic nitrogens is 2. The van der Waals surface area contributed by atoms with Gasteiger partial charge >= 0.3 is 0 Å². The van der Waals surface area contributed by atoms with Gasteiger partial charge in [0.2, 0.25) is 5.91 Å². The van der Waals surface area contributed by atoms with E-state index in [2.05, 4.69) is 15.3 Å². The van der Waals surface area contributed by atoms with Gasteiger partial charge in [0.1, 0.15) is 5.01 Å². The zero-order chi connectivity index (χ0) is 18.5. The highest BCUT2D eigenvalue weighted by atomic mass is 32.1. The summed E-state index contributed by atoms with van der Waals surface area (Å²) in [6, 6.07) is 9.79. The number of amides is 1. The first-order valence-corrected chi connectivity index (χ1v) is 8.71. The smallest absolute Gasteiger partial charge is 0.269 e. The SMILES string of the molecule is Cc1nc(-c2cccnc2)sc1CNC(=O)Cc1ccc([N+](=O)[O-])cc1. The molecule has 0 aliphatic rings. The van der Waals surface area contributed by atoms with Crippen molar-refractivity contribution in [2.45, 2.75) is 19.9 Å². The third-order valence-corrected chi connectivity index (χ3v) is 4.97. The number of nitrogens with zero attached hydrogens (tertiary/aromatic N) is 3. The molecule has 26 heavy (non-hydrogen) atoms. The van der Waals surface area contributed by atoms with Gasteiger partial charge in [-0.05, 0) is 24.6 Å². The molecule has 1 amide bonds. The molecule has 1 aromatic carbocycles. The fourth-order valence-corrected chi connectivity index (χ4v) is 3.36. The highest BCUT2D eigenvalue weighted by molar-refractivity contribution is 7.15. The van der Waals surface area contributed by atoms with Crippen LogP contribution in [0.1, 0.15) is 16.1 Å². The molecule has 0 radical (unpaired) electrons. The predicted molar refractivity (Wildman–Crippen MR) is 98.7 cm³/mol. The number of thiazole rings is 1. The van der Waals surface area contributed by atoms with E-state index in [4.69, 9.17) is 0 Å². The quantitative estimate of drug-likeness (QED) is 0.532. The summed E-state index contributed by atoms with van der Waals surface area (Å²) >= 11 is 1.53. The normalized spacial score (nSPS) is 10.5. The molecule has 0 saturated carbocycles. The zero-order valence-electron chi connectivity index (χ0n) is 14.0. The van der Waals surface area contributed by atoms with Gasteiger partial charge in [-0.2, -0.15) is 0 Å². The van der Waals surface area contributed by atoms with Crippen LogP contribution in [-0.4, -0.2) is 20.8 Å². The number of non-ortho nitro benzene ring substituents is 1. The molecular weight excluding hydrogens is 352 g/mol. The summed E-state index contributed by atoms with van der Waals surface area (Å²) in [7, 11) is 0. The van der Waals surface area contributed by atoms with Gasteiger partial charge in [0.05, 0.1) is 23.6 Å². The van der Waals surface area contributed by atoms with Crippen molar-refractivity contribution >= 4 is 22.9 Å². The molecule has 0 atom stereocenters. The molecule has 0 unspecified atom stereocenters. The lowest BCUT2D eigenvalue weighted by Gasteiger charge is -2.04. The fraction of sp³-hybridized carbons (Fsp3) is 0.167. The van der Waals surface area contributed by atoms with Crippen LogP contribution >= 0.6 is 11.3 Å². The summed E-state index contributed by atoms with van der Waals surface area (Å²) in [4.78, 5) is 31.9. The Bertz CT molecular complexity index is 923. The number of carbonyl (C=O) groups is 1. The number of nitrogens with one attached hydrogen (secondary N) is 1. The molecule has 132 valence electrons. The van der Waals surface area contributed by atoms with Crippen molar-refractivity contribution in [2.75, 3.05) is 0 Å². The van der Waals surface area contributed by atoms with Gasteiger partial charge in [-0.25, -0.2) is 4.98 Å². The number of pyridine rings is 1. The van der Waals surface area contributed by atoms with Crippen molar-refractivity contribution in [3.8, 4) is 10.6 Å². The summed E-state index contributed by atoms with van der Waals surface area (Å²) in [6.07, 6.45) is 3.64. The summed E-state index contributed by atoms with van der Waals surface area (Å²) in [5, 5.41) is 14.4. The van der Waals surface area contributed by atoms with E-state index >= 15 is 0 Å². The average molecular weight is 368 g/mol. The molecule has 0 fully saturated rings. The van der Waals surface area contributed by atoms with Gasteiger partial charge in [0.15, 0.2) is 0 Å². The van der Waals surface area contributed by atoms with Crippen molar-refractivity contribution in [3.05, 3.63) is 75.0 Å². The molecule has 2 heterocycles. The Morgan fingerprint density at radius 3 is 2.69 bits per heavy atom. The first-order valence-electron chi connectivity index (χ1n) is 7.89. The van der Waals surface area contributed by atoms with Gasteiger partial charge in [-0.1, -0.05) is 12.1 Å². The van der Waals surface area contributed by atoms with Crippen molar-refractivity contribution in [2.24, 2.45) is 0 Å². The molecule has 0 saturated heterocycles. The Hall–Kier alpha value is -3.13. The highest BCUT2D eigenvalue weighted by Gasteiger charge is 2.12. The second-order valence-electron chi connectivity index (χ2n) is 5.65. The molecule has 7 nitrogen and oxygen atoms in total. The minimum Gasteiger partial charge on any atom is -0.351 e. The van der Waals surface area contributed by atoms with E-state index < -0.39 is 4.92 Å². The van der Waals surface area contributed by atoms with Crippen molar-refractivity contribution < 1.29 is 9.72 Å². The first-order chi connectivity index (χ1) is 12.5. The number of benzene rings is 1. The second-order valence-corrected chi connectivity index (χ2v) is 6.73.